The van der Waals surface area contributed by atoms with Crippen molar-refractivity contribution in [2.24, 2.45) is 0 Å². The normalized spacial score (nSPS) is 11.7. The number of nitrogen functional groups attached to an aromatic ring is 1. The van der Waals surface area contributed by atoms with Crippen LogP contribution < -0.4 is 19.9 Å². The topological polar surface area (TPSA) is 141 Å². The molecule has 0 bridgehead atoms. The molecule has 0 aliphatic rings. The number of ether oxygens (including phenoxy) is 2. The lowest BCUT2D eigenvalue weighted by molar-refractivity contribution is -0.0492. The van der Waals surface area contributed by atoms with Crippen molar-refractivity contribution < 1.29 is 44.6 Å². The molecule has 236 valence electrons. The number of nitrogens with zero attached hydrogens (tertiary/aromatic N) is 2. The number of carbonyl (C=O) groups is 1. The number of ketones is 1. The van der Waals surface area contributed by atoms with Crippen molar-refractivity contribution in [3.63, 3.8) is 0 Å². The molecule has 5 rings (SSSR count). The first kappa shape index (κ1) is 31.3. The fourth-order valence-corrected chi connectivity index (χ4v) is 5.65. The highest BCUT2D eigenvalue weighted by Crippen LogP contribution is 2.35. The van der Waals surface area contributed by atoms with Gasteiger partial charge in [-0.25, -0.2) is 21.9 Å². The zero-order chi connectivity index (χ0) is 32.5. The number of rotatable bonds is 12. The van der Waals surface area contributed by atoms with Crippen molar-refractivity contribution in [1.29, 1.82) is 0 Å². The van der Waals surface area contributed by atoms with Crippen LogP contribution in [0.1, 0.15) is 28.0 Å². The number of alkyl halides is 3. The summed E-state index contributed by atoms with van der Waals surface area (Å²) in [4.78, 5) is 16.2. The van der Waals surface area contributed by atoms with Crippen LogP contribution in [0.25, 0.3) is 16.6 Å². The maximum atomic E-state index is 15.3. The first-order chi connectivity index (χ1) is 21.4. The summed E-state index contributed by atoms with van der Waals surface area (Å²) in [7, 11) is -4.11. The number of fused-ring (bicyclic) bond motifs is 1. The van der Waals surface area contributed by atoms with Gasteiger partial charge in [-0.15, -0.1) is 0 Å². The largest absolute Gasteiger partial charge is 0.454 e. The van der Waals surface area contributed by atoms with E-state index in [-0.39, 0.29) is 57.3 Å². The molecule has 10 nitrogen and oxygen atoms in total. The van der Waals surface area contributed by atoms with E-state index in [1.807, 2.05) is 0 Å². The third-order valence-corrected chi connectivity index (χ3v) is 7.91. The molecule has 0 atom stereocenters. The van der Waals surface area contributed by atoms with Gasteiger partial charge in [0.05, 0.1) is 35.6 Å². The number of hydrogen-bond acceptors (Lipinski definition) is 7. The number of anilines is 2. The zero-order valence-corrected chi connectivity index (χ0v) is 24.1. The van der Waals surface area contributed by atoms with E-state index in [9.17, 15) is 30.8 Å². The number of aromatic amines is 1. The molecule has 0 spiro atoms. The molecule has 0 aliphatic carbocycles. The summed E-state index contributed by atoms with van der Waals surface area (Å²) in [5.41, 5.74) is 6.01. The fraction of sp³-hybridized carbons (Fsp3) is 0.172. The Hall–Kier alpha value is -5.12. The summed E-state index contributed by atoms with van der Waals surface area (Å²) in [6.07, 6.45) is 0.801. The van der Waals surface area contributed by atoms with E-state index < -0.39 is 52.2 Å². The Morgan fingerprint density at radius 2 is 1.84 bits per heavy atom. The zero-order valence-electron chi connectivity index (χ0n) is 23.3. The van der Waals surface area contributed by atoms with Gasteiger partial charge in [0.25, 0.3) is 0 Å². The average molecular weight is 650 g/mol. The van der Waals surface area contributed by atoms with Crippen LogP contribution in [-0.2, 0) is 10.0 Å². The molecule has 45 heavy (non-hydrogen) atoms. The molecule has 0 fully saturated rings. The number of para-hydroxylation sites is 1. The molecule has 0 saturated heterocycles. The smallest absolute Gasteiger partial charge is 0.387 e. The minimum atomic E-state index is -4.11. The van der Waals surface area contributed by atoms with E-state index in [1.54, 1.807) is 6.07 Å². The lowest BCUT2D eigenvalue weighted by Crippen LogP contribution is -2.18. The monoisotopic (exact) mass is 649 g/mol. The molecule has 0 aliphatic heterocycles. The summed E-state index contributed by atoms with van der Waals surface area (Å²) in [6.45, 7) is -2.66. The lowest BCUT2D eigenvalue weighted by atomic mass is 10.1. The number of nitrogens with two attached hydrogens (primary N) is 1. The van der Waals surface area contributed by atoms with Crippen molar-refractivity contribution in [2.75, 3.05) is 22.9 Å². The number of carbonyl (C=O) groups excluding carboxylic acids is 1. The summed E-state index contributed by atoms with van der Waals surface area (Å²) in [5, 5.41) is 4.28. The van der Waals surface area contributed by atoms with E-state index in [4.69, 9.17) is 10.5 Å². The summed E-state index contributed by atoms with van der Waals surface area (Å²) >= 11 is 0. The molecular formula is C29H24F5N5O5S. The maximum Gasteiger partial charge on any atom is 0.387 e. The molecule has 0 radical (unpaired) electrons. The molecule has 3 aromatic carbocycles. The van der Waals surface area contributed by atoms with Crippen molar-refractivity contribution in [2.45, 2.75) is 20.0 Å². The Bertz CT molecular complexity index is 1990. The Labute approximate surface area is 252 Å². The van der Waals surface area contributed by atoms with Crippen LogP contribution in [0.5, 0.6) is 17.2 Å². The number of benzene rings is 3. The van der Waals surface area contributed by atoms with Crippen molar-refractivity contribution in [3.8, 4) is 22.9 Å². The molecule has 16 heteroatoms. The van der Waals surface area contributed by atoms with Crippen LogP contribution in [-0.4, -0.2) is 48.0 Å². The average Bonchev–Trinajstić information content (AvgIpc) is 3.55. The highest BCUT2D eigenvalue weighted by atomic mass is 32.2. The second-order valence-electron chi connectivity index (χ2n) is 9.75. The summed E-state index contributed by atoms with van der Waals surface area (Å²) in [5.74, 6) is -3.62. The van der Waals surface area contributed by atoms with E-state index >= 15 is 4.39 Å². The molecule has 2 aromatic heterocycles. The predicted molar refractivity (Wildman–Crippen MR) is 156 cm³/mol. The molecule has 0 saturated carbocycles. The molecule has 0 amide bonds. The van der Waals surface area contributed by atoms with Gasteiger partial charge in [0.1, 0.15) is 17.3 Å². The van der Waals surface area contributed by atoms with Crippen LogP contribution in [0, 0.1) is 18.6 Å². The van der Waals surface area contributed by atoms with E-state index in [0.29, 0.717) is 5.56 Å². The van der Waals surface area contributed by atoms with Gasteiger partial charge < -0.3 is 20.2 Å². The third kappa shape index (κ3) is 6.69. The fourth-order valence-electron chi connectivity index (χ4n) is 4.56. The van der Waals surface area contributed by atoms with Crippen LogP contribution >= 0.6 is 0 Å². The number of halogens is 5. The lowest BCUT2D eigenvalue weighted by Gasteiger charge is -2.13. The quantitative estimate of drug-likeness (QED) is 0.107. The van der Waals surface area contributed by atoms with E-state index in [0.717, 1.165) is 29.1 Å². The third-order valence-electron chi connectivity index (χ3n) is 6.55. The number of nitrogens with one attached hydrogen (secondary N) is 2. The van der Waals surface area contributed by atoms with Gasteiger partial charge in [0.15, 0.2) is 23.1 Å². The SMILES string of the molecule is Cc1cc(Oc2ccccc2F)cc(F)c1-n1ncc(C(=O)c2cc3cc(OC(F)F)c(NS(=O)(=O)CCCF)cc3[nH]2)c1N. The molecule has 4 N–H and O–H groups in total. The van der Waals surface area contributed by atoms with Gasteiger partial charge in [-0.2, -0.15) is 13.9 Å². The second kappa shape index (κ2) is 12.5. The van der Waals surface area contributed by atoms with Crippen LogP contribution in [0.15, 0.2) is 60.8 Å². The van der Waals surface area contributed by atoms with Gasteiger partial charge in [-0.05, 0) is 55.3 Å². The highest BCUT2D eigenvalue weighted by Gasteiger charge is 2.24. The molecule has 2 heterocycles. The number of aromatic nitrogens is 3. The second-order valence-corrected chi connectivity index (χ2v) is 11.6. The Morgan fingerprint density at radius 3 is 2.53 bits per heavy atom. The Kier molecular flexibility index (Phi) is 8.68. The van der Waals surface area contributed by atoms with Gasteiger partial charge in [-0.1, -0.05) is 12.1 Å². The van der Waals surface area contributed by atoms with Crippen molar-refractivity contribution >= 4 is 38.2 Å². The van der Waals surface area contributed by atoms with Crippen LogP contribution in [0.4, 0.5) is 33.5 Å². The summed E-state index contributed by atoms with van der Waals surface area (Å²) < 4.78 is 106. The minimum absolute atomic E-state index is 0.0122. The van der Waals surface area contributed by atoms with Gasteiger partial charge in [-0.3, -0.25) is 13.9 Å². The van der Waals surface area contributed by atoms with Gasteiger partial charge >= 0.3 is 6.61 Å². The van der Waals surface area contributed by atoms with Gasteiger partial charge in [0, 0.05) is 17.0 Å². The Morgan fingerprint density at radius 1 is 1.09 bits per heavy atom. The highest BCUT2D eigenvalue weighted by molar-refractivity contribution is 7.92. The van der Waals surface area contributed by atoms with Crippen molar-refractivity contribution in [1.82, 2.24) is 14.8 Å². The number of sulfonamides is 1. The minimum Gasteiger partial charge on any atom is -0.454 e. The maximum absolute atomic E-state index is 15.3. The number of aryl methyl sites for hydroxylation is 1. The summed E-state index contributed by atoms with van der Waals surface area (Å²) in [6, 6.07) is 11.6. The molecule has 0 unspecified atom stereocenters. The number of hydrogen-bond donors (Lipinski definition) is 3. The number of H-pyrrole nitrogens is 1. The first-order valence-electron chi connectivity index (χ1n) is 13.2. The van der Waals surface area contributed by atoms with E-state index in [1.165, 1.54) is 37.3 Å². The van der Waals surface area contributed by atoms with Crippen LogP contribution in [0.3, 0.4) is 0 Å². The van der Waals surface area contributed by atoms with Gasteiger partial charge in [0.2, 0.25) is 15.8 Å². The molecular weight excluding hydrogens is 625 g/mol. The van der Waals surface area contributed by atoms with Crippen LogP contribution in [0.2, 0.25) is 0 Å². The Balaban J connectivity index is 1.46. The molecule has 5 aromatic rings. The standard InChI is InChI=1S/C29H24F5N5O5S/c1-15-9-17(43-24-6-3-2-5-19(24)31)12-20(32)26(15)39-28(35)18(14-36-39)27(40)23-10-16-11-25(44-29(33)34)22(13-21(16)37-23)38-45(41,42)8-4-7-30/h2-3,5-6,9-14,29,37-38H,4,7-8,35H2,1H3. The van der Waals surface area contributed by atoms with E-state index in [2.05, 4.69) is 19.5 Å². The first-order valence-corrected chi connectivity index (χ1v) is 14.8. The predicted octanol–water partition coefficient (Wildman–Crippen LogP) is 6.25. The van der Waals surface area contributed by atoms with Crippen molar-refractivity contribution in [3.05, 3.63) is 89.2 Å².